The van der Waals surface area contributed by atoms with E-state index >= 15 is 0 Å². The van der Waals surface area contributed by atoms with E-state index < -0.39 is 0 Å². The lowest BCUT2D eigenvalue weighted by atomic mass is 9.99. The Morgan fingerprint density at radius 2 is 2.50 bits per heavy atom. The third-order valence-electron chi connectivity index (χ3n) is 4.48. The molecule has 0 amide bonds. The molecule has 0 spiro atoms. The molecule has 0 radical (unpaired) electrons. The van der Waals surface area contributed by atoms with Crippen molar-refractivity contribution < 1.29 is 4.74 Å². The largest absolute Gasteiger partial charge is 0.375 e. The molecule has 4 heterocycles. The van der Waals surface area contributed by atoms with Crippen molar-refractivity contribution in [3.8, 4) is 0 Å². The molecule has 0 aromatic carbocycles. The van der Waals surface area contributed by atoms with Crippen molar-refractivity contribution in [2.75, 3.05) is 19.7 Å². The zero-order valence-corrected chi connectivity index (χ0v) is 10.6. The minimum Gasteiger partial charge on any atom is -0.375 e. The number of nitrogens with zero attached hydrogens (tertiary/aromatic N) is 2. The first-order valence-electron chi connectivity index (χ1n) is 6.92. The summed E-state index contributed by atoms with van der Waals surface area (Å²) in [5.41, 5.74) is 4.22. The highest BCUT2D eigenvalue weighted by Crippen LogP contribution is 2.29. The van der Waals surface area contributed by atoms with E-state index in [9.17, 15) is 0 Å². The van der Waals surface area contributed by atoms with Crippen LogP contribution < -0.4 is 5.32 Å². The summed E-state index contributed by atoms with van der Waals surface area (Å²) < 4.78 is 5.66. The van der Waals surface area contributed by atoms with E-state index in [2.05, 4.69) is 21.3 Å². The Morgan fingerprint density at radius 1 is 1.50 bits per heavy atom. The highest BCUT2D eigenvalue weighted by molar-refractivity contribution is 5.32. The van der Waals surface area contributed by atoms with Gasteiger partial charge in [0.25, 0.3) is 0 Å². The monoisotopic (exact) mass is 245 g/mol. The second-order valence-electron chi connectivity index (χ2n) is 5.60. The Kier molecular flexibility index (Phi) is 2.60. The van der Waals surface area contributed by atoms with Crippen LogP contribution in [0.4, 0.5) is 0 Å². The fraction of sp³-hybridized carbons (Fsp3) is 0.643. The van der Waals surface area contributed by atoms with Gasteiger partial charge in [-0.05, 0) is 36.6 Å². The summed E-state index contributed by atoms with van der Waals surface area (Å²) in [6.45, 7) is 5.10. The predicted octanol–water partition coefficient (Wildman–Crippen LogP) is 0.700. The van der Waals surface area contributed by atoms with Gasteiger partial charge in [-0.15, -0.1) is 0 Å². The van der Waals surface area contributed by atoms with Crippen LogP contribution in [0.3, 0.4) is 0 Å². The van der Waals surface area contributed by atoms with E-state index in [1.165, 1.54) is 23.2 Å². The first-order chi connectivity index (χ1) is 8.90. The molecule has 3 aliphatic rings. The number of rotatable bonds is 2. The standard InChI is InChI=1S/C14H19N3O/c1-4-16-14(13-2-3-15-6-10(1)13)8-17-7-12-5-11(17)9-18-12/h1,4,11-12,15H,2-3,5-9H2. The predicted molar refractivity (Wildman–Crippen MR) is 68.2 cm³/mol. The number of ether oxygens (including phenoxy) is 1. The van der Waals surface area contributed by atoms with Crippen molar-refractivity contribution in [2.45, 2.75) is 38.1 Å². The van der Waals surface area contributed by atoms with E-state index in [-0.39, 0.29) is 0 Å². The Hall–Kier alpha value is -0.970. The lowest BCUT2D eigenvalue weighted by Gasteiger charge is -2.28. The molecular formula is C14H19N3O. The van der Waals surface area contributed by atoms with Crippen LogP contribution in [0, 0.1) is 0 Å². The van der Waals surface area contributed by atoms with Crippen molar-refractivity contribution in [3.05, 3.63) is 29.1 Å². The Bertz CT molecular complexity index is 462. The maximum Gasteiger partial charge on any atom is 0.0718 e. The SMILES string of the molecule is c1cc2c(c(CN3CC4CC3CO4)n1)CCNC2. The van der Waals surface area contributed by atoms with Gasteiger partial charge in [0, 0.05) is 31.9 Å². The lowest BCUT2D eigenvalue weighted by molar-refractivity contribution is 0.0267. The van der Waals surface area contributed by atoms with Crippen LogP contribution in [0.2, 0.25) is 0 Å². The van der Waals surface area contributed by atoms with Crippen LogP contribution in [0.15, 0.2) is 12.3 Å². The quantitative estimate of drug-likeness (QED) is 0.832. The fourth-order valence-corrected chi connectivity index (χ4v) is 3.49. The first kappa shape index (κ1) is 10.9. The number of morpholine rings is 1. The molecule has 96 valence electrons. The zero-order chi connectivity index (χ0) is 11.9. The number of hydrogen-bond acceptors (Lipinski definition) is 4. The maximum atomic E-state index is 5.66. The average molecular weight is 245 g/mol. The minimum atomic E-state index is 0.483. The maximum absolute atomic E-state index is 5.66. The van der Waals surface area contributed by atoms with E-state index in [0.29, 0.717) is 12.1 Å². The van der Waals surface area contributed by atoms with Gasteiger partial charge in [-0.1, -0.05) is 0 Å². The van der Waals surface area contributed by atoms with Gasteiger partial charge in [-0.25, -0.2) is 0 Å². The highest BCUT2D eigenvalue weighted by Gasteiger charge is 2.39. The van der Waals surface area contributed by atoms with Gasteiger partial charge in [-0.2, -0.15) is 0 Å². The van der Waals surface area contributed by atoms with Crippen molar-refractivity contribution in [1.82, 2.24) is 15.2 Å². The van der Waals surface area contributed by atoms with Crippen molar-refractivity contribution in [2.24, 2.45) is 0 Å². The number of hydrogen-bond donors (Lipinski definition) is 1. The molecular weight excluding hydrogens is 226 g/mol. The van der Waals surface area contributed by atoms with Gasteiger partial charge in [0.05, 0.1) is 18.4 Å². The molecule has 4 nitrogen and oxygen atoms in total. The number of pyridine rings is 1. The molecule has 2 saturated heterocycles. The third kappa shape index (κ3) is 1.76. The van der Waals surface area contributed by atoms with E-state index in [1.54, 1.807) is 0 Å². The minimum absolute atomic E-state index is 0.483. The van der Waals surface area contributed by atoms with Crippen LogP contribution in [0.5, 0.6) is 0 Å². The van der Waals surface area contributed by atoms with Crippen LogP contribution in [-0.2, 0) is 24.2 Å². The van der Waals surface area contributed by atoms with Crippen molar-refractivity contribution in [3.63, 3.8) is 0 Å². The smallest absolute Gasteiger partial charge is 0.0718 e. The van der Waals surface area contributed by atoms with Crippen LogP contribution in [0.1, 0.15) is 23.2 Å². The average Bonchev–Trinajstić information content (AvgIpc) is 3.01. The summed E-state index contributed by atoms with van der Waals surface area (Å²) in [6, 6.07) is 2.79. The molecule has 2 fully saturated rings. The second-order valence-corrected chi connectivity index (χ2v) is 5.60. The molecule has 0 aliphatic carbocycles. The second kappa shape index (κ2) is 4.30. The number of fused-ring (bicyclic) bond motifs is 3. The molecule has 18 heavy (non-hydrogen) atoms. The van der Waals surface area contributed by atoms with Gasteiger partial charge in [0.2, 0.25) is 0 Å². The van der Waals surface area contributed by atoms with Crippen molar-refractivity contribution >= 4 is 0 Å². The van der Waals surface area contributed by atoms with Gasteiger partial charge in [0.1, 0.15) is 0 Å². The molecule has 2 bridgehead atoms. The molecule has 1 N–H and O–H groups in total. The van der Waals surface area contributed by atoms with Gasteiger partial charge in [-0.3, -0.25) is 9.88 Å². The van der Waals surface area contributed by atoms with Gasteiger partial charge < -0.3 is 10.1 Å². The van der Waals surface area contributed by atoms with Crippen LogP contribution in [-0.4, -0.2) is 41.7 Å². The summed E-state index contributed by atoms with van der Waals surface area (Å²) in [5.74, 6) is 0. The molecule has 3 aliphatic heterocycles. The summed E-state index contributed by atoms with van der Waals surface area (Å²) in [6.07, 6.45) is 4.79. The molecule has 1 aromatic rings. The van der Waals surface area contributed by atoms with Gasteiger partial charge >= 0.3 is 0 Å². The van der Waals surface area contributed by atoms with Crippen LogP contribution in [0.25, 0.3) is 0 Å². The van der Waals surface area contributed by atoms with E-state index in [4.69, 9.17) is 4.74 Å². The van der Waals surface area contributed by atoms with E-state index in [1.807, 2.05) is 6.20 Å². The Balaban J connectivity index is 1.58. The Labute approximate surface area is 107 Å². The van der Waals surface area contributed by atoms with Crippen molar-refractivity contribution in [1.29, 1.82) is 0 Å². The molecule has 4 heteroatoms. The summed E-state index contributed by atoms with van der Waals surface area (Å²) in [5, 5.41) is 3.43. The van der Waals surface area contributed by atoms with Crippen LogP contribution >= 0.6 is 0 Å². The number of aromatic nitrogens is 1. The first-order valence-corrected chi connectivity index (χ1v) is 6.92. The molecule has 4 rings (SSSR count). The van der Waals surface area contributed by atoms with Gasteiger partial charge in [0.15, 0.2) is 0 Å². The third-order valence-corrected chi connectivity index (χ3v) is 4.48. The number of nitrogens with one attached hydrogen (secondary N) is 1. The molecule has 1 aromatic heterocycles. The fourth-order valence-electron chi connectivity index (χ4n) is 3.49. The Morgan fingerprint density at radius 3 is 3.33 bits per heavy atom. The summed E-state index contributed by atoms with van der Waals surface area (Å²) in [7, 11) is 0. The highest BCUT2D eigenvalue weighted by atomic mass is 16.5. The normalized spacial score (nSPS) is 30.7. The summed E-state index contributed by atoms with van der Waals surface area (Å²) in [4.78, 5) is 7.18. The molecule has 0 saturated carbocycles. The molecule has 2 unspecified atom stereocenters. The topological polar surface area (TPSA) is 37.4 Å². The zero-order valence-electron chi connectivity index (χ0n) is 10.6. The summed E-state index contributed by atoms with van der Waals surface area (Å²) >= 11 is 0. The molecule has 2 atom stereocenters. The lowest BCUT2D eigenvalue weighted by Crippen LogP contribution is -2.37. The number of likely N-dealkylation sites (tertiary alicyclic amines) is 1. The van der Waals surface area contributed by atoms with E-state index in [0.717, 1.165) is 39.2 Å².